The third-order valence-electron chi connectivity index (χ3n) is 4.90. The van der Waals surface area contributed by atoms with Crippen LogP contribution >= 0.6 is 0 Å². The molecule has 2 heterocycles. The van der Waals surface area contributed by atoms with E-state index in [1.807, 2.05) is 24.3 Å². The number of carboxylic acid groups (broad SMARTS) is 1. The number of amides is 2. The van der Waals surface area contributed by atoms with Gasteiger partial charge in [-0.3, -0.25) is 4.79 Å². The highest BCUT2D eigenvalue weighted by molar-refractivity contribution is 5.75. The van der Waals surface area contributed by atoms with E-state index >= 15 is 0 Å². The number of urea groups is 1. The number of carbonyl (C=O) groups excluding carboxylic acids is 1. The van der Waals surface area contributed by atoms with Gasteiger partial charge in [0.05, 0.1) is 5.92 Å². The van der Waals surface area contributed by atoms with Crippen LogP contribution in [0.15, 0.2) is 28.8 Å². The minimum Gasteiger partial charge on any atom is -0.481 e. The number of nitrogens with zero attached hydrogens (tertiary/aromatic N) is 3. The number of rotatable bonds is 5. The minimum atomic E-state index is -0.797. The van der Waals surface area contributed by atoms with Crippen LogP contribution in [-0.4, -0.2) is 45.2 Å². The van der Waals surface area contributed by atoms with E-state index in [0.29, 0.717) is 37.6 Å². The fraction of sp³-hybridized carbons (Fsp3) is 0.474. The Hall–Kier alpha value is -2.90. The Morgan fingerprint density at radius 3 is 2.56 bits per heavy atom. The average Bonchev–Trinajstić information content (AvgIpc) is 3.18. The van der Waals surface area contributed by atoms with Gasteiger partial charge in [-0.25, -0.2) is 4.79 Å². The number of benzene rings is 1. The molecule has 2 aromatic rings. The quantitative estimate of drug-likeness (QED) is 0.835. The van der Waals surface area contributed by atoms with Crippen LogP contribution in [0.2, 0.25) is 0 Å². The predicted molar refractivity (Wildman–Crippen MR) is 98.0 cm³/mol. The van der Waals surface area contributed by atoms with Gasteiger partial charge in [0.1, 0.15) is 6.04 Å². The number of hydrogen-bond acceptors (Lipinski definition) is 5. The first-order chi connectivity index (χ1) is 13.0. The largest absolute Gasteiger partial charge is 0.481 e. The van der Waals surface area contributed by atoms with Crippen molar-refractivity contribution in [2.45, 2.75) is 39.2 Å². The summed E-state index contributed by atoms with van der Waals surface area (Å²) >= 11 is 0. The molecule has 0 radical (unpaired) electrons. The molecule has 1 saturated heterocycles. The zero-order valence-electron chi connectivity index (χ0n) is 15.5. The maximum atomic E-state index is 12.4. The Morgan fingerprint density at radius 1 is 1.30 bits per heavy atom. The van der Waals surface area contributed by atoms with Gasteiger partial charge < -0.3 is 19.8 Å². The summed E-state index contributed by atoms with van der Waals surface area (Å²) in [4.78, 5) is 29.4. The maximum Gasteiger partial charge on any atom is 0.318 e. The summed E-state index contributed by atoms with van der Waals surface area (Å²) in [5.74, 6) is -0.354. The van der Waals surface area contributed by atoms with Gasteiger partial charge in [-0.1, -0.05) is 36.3 Å². The van der Waals surface area contributed by atoms with Crippen molar-refractivity contribution in [1.29, 1.82) is 0 Å². The molecule has 1 aliphatic rings. The van der Waals surface area contributed by atoms with Gasteiger partial charge in [0, 0.05) is 18.7 Å². The van der Waals surface area contributed by atoms with Crippen LogP contribution < -0.4 is 5.32 Å². The number of aryl methyl sites for hydroxylation is 1. The molecule has 1 aromatic heterocycles. The monoisotopic (exact) mass is 372 g/mol. The second-order valence-corrected chi connectivity index (χ2v) is 6.78. The summed E-state index contributed by atoms with van der Waals surface area (Å²) in [6.07, 6.45) is 1.90. The van der Waals surface area contributed by atoms with Crippen molar-refractivity contribution in [2.75, 3.05) is 13.1 Å². The summed E-state index contributed by atoms with van der Waals surface area (Å²) in [5.41, 5.74) is 2.09. The smallest absolute Gasteiger partial charge is 0.318 e. The molecule has 1 aliphatic heterocycles. The Balaban J connectivity index is 1.58. The first kappa shape index (κ1) is 18.9. The molecule has 8 heteroatoms. The van der Waals surface area contributed by atoms with E-state index in [1.54, 1.807) is 11.8 Å². The molecular formula is C19H24N4O4. The van der Waals surface area contributed by atoms with E-state index in [1.165, 1.54) is 5.56 Å². The van der Waals surface area contributed by atoms with Crippen LogP contribution in [-0.2, 0) is 11.2 Å². The normalized spacial score (nSPS) is 16.1. The number of hydrogen-bond donors (Lipinski definition) is 2. The summed E-state index contributed by atoms with van der Waals surface area (Å²) in [7, 11) is 0. The molecule has 0 saturated carbocycles. The Morgan fingerprint density at radius 2 is 1.96 bits per heavy atom. The fourth-order valence-electron chi connectivity index (χ4n) is 3.09. The van der Waals surface area contributed by atoms with Crippen LogP contribution in [0.4, 0.5) is 4.79 Å². The van der Waals surface area contributed by atoms with Crippen molar-refractivity contribution in [2.24, 2.45) is 5.92 Å². The number of aliphatic carboxylic acids is 1. The molecule has 27 heavy (non-hydrogen) atoms. The first-order valence-electron chi connectivity index (χ1n) is 9.19. The topological polar surface area (TPSA) is 109 Å². The Bertz CT molecular complexity index is 794. The zero-order valence-corrected chi connectivity index (χ0v) is 15.5. The van der Waals surface area contributed by atoms with E-state index in [4.69, 9.17) is 9.63 Å². The van der Waals surface area contributed by atoms with Crippen molar-refractivity contribution in [1.82, 2.24) is 20.4 Å². The average molecular weight is 372 g/mol. The molecule has 2 N–H and O–H groups in total. The highest BCUT2D eigenvalue weighted by Crippen LogP contribution is 2.21. The molecule has 0 bridgehead atoms. The van der Waals surface area contributed by atoms with Crippen molar-refractivity contribution in [3.8, 4) is 11.4 Å². The third-order valence-corrected chi connectivity index (χ3v) is 4.90. The molecule has 3 rings (SSSR count). The van der Waals surface area contributed by atoms with Crippen molar-refractivity contribution >= 4 is 12.0 Å². The minimum absolute atomic E-state index is 0.251. The van der Waals surface area contributed by atoms with E-state index in [-0.39, 0.29) is 11.9 Å². The molecule has 144 valence electrons. The van der Waals surface area contributed by atoms with Gasteiger partial charge in [-0.15, -0.1) is 0 Å². The second-order valence-electron chi connectivity index (χ2n) is 6.78. The number of piperidine rings is 1. The summed E-state index contributed by atoms with van der Waals surface area (Å²) < 4.78 is 5.30. The number of carbonyl (C=O) groups is 2. The van der Waals surface area contributed by atoms with Gasteiger partial charge in [0.25, 0.3) is 0 Å². The molecule has 0 aliphatic carbocycles. The van der Waals surface area contributed by atoms with Gasteiger partial charge >= 0.3 is 12.0 Å². The lowest BCUT2D eigenvalue weighted by Crippen LogP contribution is -2.46. The third kappa shape index (κ3) is 4.45. The maximum absolute atomic E-state index is 12.4. The van der Waals surface area contributed by atoms with Gasteiger partial charge in [0.15, 0.2) is 0 Å². The lowest BCUT2D eigenvalue weighted by molar-refractivity contribution is -0.143. The van der Waals surface area contributed by atoms with Crippen LogP contribution in [0.25, 0.3) is 11.4 Å². The van der Waals surface area contributed by atoms with E-state index in [2.05, 4.69) is 22.4 Å². The van der Waals surface area contributed by atoms with Gasteiger partial charge in [0.2, 0.25) is 11.7 Å². The van der Waals surface area contributed by atoms with Crippen molar-refractivity contribution in [3.05, 3.63) is 35.7 Å². The van der Waals surface area contributed by atoms with E-state index in [0.717, 1.165) is 12.0 Å². The first-order valence-corrected chi connectivity index (χ1v) is 9.19. The second kappa shape index (κ2) is 8.20. The van der Waals surface area contributed by atoms with Crippen LogP contribution in [0.3, 0.4) is 0 Å². The molecule has 1 aromatic carbocycles. The summed E-state index contributed by atoms with van der Waals surface area (Å²) in [6, 6.07) is 7.26. The number of aromatic nitrogens is 2. The van der Waals surface area contributed by atoms with Gasteiger partial charge in [-0.2, -0.15) is 4.98 Å². The summed E-state index contributed by atoms with van der Waals surface area (Å²) in [6.45, 7) is 4.72. The molecule has 1 atom stereocenters. The molecule has 2 amide bonds. The molecule has 1 fully saturated rings. The molecular weight excluding hydrogens is 348 g/mol. The number of likely N-dealkylation sites (tertiary alicyclic amines) is 1. The van der Waals surface area contributed by atoms with Crippen LogP contribution in [0.5, 0.6) is 0 Å². The van der Waals surface area contributed by atoms with Crippen molar-refractivity contribution in [3.63, 3.8) is 0 Å². The van der Waals surface area contributed by atoms with Crippen LogP contribution in [0, 0.1) is 5.92 Å². The van der Waals surface area contributed by atoms with E-state index in [9.17, 15) is 9.59 Å². The summed E-state index contributed by atoms with van der Waals surface area (Å²) in [5, 5.41) is 15.9. The lowest BCUT2D eigenvalue weighted by Gasteiger charge is -2.30. The van der Waals surface area contributed by atoms with Crippen LogP contribution in [0.1, 0.15) is 44.2 Å². The lowest BCUT2D eigenvalue weighted by atomic mass is 9.97. The molecule has 0 spiro atoms. The molecule has 1 unspecified atom stereocenters. The highest BCUT2D eigenvalue weighted by Gasteiger charge is 2.28. The standard InChI is InChI=1S/C19H24N4O4/c1-3-13-4-6-14(7-5-13)16-21-17(27-22-16)12(2)20-19(26)23-10-8-15(9-11-23)18(24)25/h4-7,12,15H,3,8-11H2,1-2H3,(H,20,26)(H,24,25). The van der Waals surface area contributed by atoms with E-state index < -0.39 is 12.0 Å². The number of nitrogens with one attached hydrogen (secondary N) is 1. The SMILES string of the molecule is CCc1ccc(-c2noc(C(C)NC(=O)N3CCC(C(=O)O)CC3)n2)cc1. The number of carboxylic acids is 1. The molecule has 8 nitrogen and oxygen atoms in total. The highest BCUT2D eigenvalue weighted by atomic mass is 16.5. The van der Waals surface area contributed by atoms with Crippen molar-refractivity contribution < 1.29 is 19.2 Å². The van der Waals surface area contributed by atoms with Gasteiger partial charge in [-0.05, 0) is 31.7 Å². The Labute approximate surface area is 157 Å². The fourth-order valence-corrected chi connectivity index (χ4v) is 3.09. The predicted octanol–water partition coefficient (Wildman–Crippen LogP) is 2.87. The Kier molecular flexibility index (Phi) is 5.73. The zero-order chi connectivity index (χ0) is 19.4.